The molecule has 0 aromatic heterocycles. The van der Waals surface area contributed by atoms with E-state index in [-0.39, 0.29) is 0 Å². The van der Waals surface area contributed by atoms with Crippen molar-refractivity contribution in [1.29, 1.82) is 0 Å². The van der Waals surface area contributed by atoms with E-state index in [0.717, 1.165) is 32.1 Å². The van der Waals surface area contributed by atoms with Gasteiger partial charge in [-0.3, -0.25) is 4.79 Å². The lowest BCUT2D eigenvalue weighted by Crippen LogP contribution is -2.06. The summed E-state index contributed by atoms with van der Waals surface area (Å²) >= 11 is 0. The van der Waals surface area contributed by atoms with Crippen molar-refractivity contribution in [3.63, 3.8) is 0 Å². The summed E-state index contributed by atoms with van der Waals surface area (Å²) < 4.78 is 0. The van der Waals surface area contributed by atoms with Crippen molar-refractivity contribution in [3.8, 4) is 0 Å². The van der Waals surface area contributed by atoms with Gasteiger partial charge in [0.2, 0.25) is 0 Å². The van der Waals surface area contributed by atoms with Gasteiger partial charge in [-0.15, -0.1) is 0 Å². The number of hydrogen-bond acceptors (Lipinski definition) is 1. The molecule has 0 aliphatic rings. The Bertz CT molecular complexity index is 170. The van der Waals surface area contributed by atoms with Crippen LogP contribution in [-0.2, 0) is 4.79 Å². The summed E-state index contributed by atoms with van der Waals surface area (Å²) in [5.74, 6) is 1.12. The van der Waals surface area contributed by atoms with Crippen LogP contribution in [0.15, 0.2) is 0 Å². The highest BCUT2D eigenvalue weighted by Crippen LogP contribution is 2.15. The maximum absolute atomic E-state index is 11.7. The molecular weight excluding hydrogens is 208 g/mol. The zero-order chi connectivity index (χ0) is 12.9. The quantitative estimate of drug-likeness (QED) is 0.410. The second-order valence-electron chi connectivity index (χ2n) is 5.30. The number of Topliss-reactive ketones (excluding diaryl/α,β-unsaturated/α-hetero) is 1. The number of carbonyl (C=O) groups excluding carboxylic acids is 1. The Balaban J connectivity index is 3.33. The van der Waals surface area contributed by atoms with Gasteiger partial charge in [-0.05, 0) is 12.3 Å². The molecule has 0 spiro atoms. The van der Waals surface area contributed by atoms with E-state index in [1.807, 2.05) is 0 Å². The van der Waals surface area contributed by atoms with Crippen LogP contribution in [0.3, 0.4) is 0 Å². The number of ketones is 1. The molecule has 0 aliphatic heterocycles. The average molecular weight is 240 g/mol. The first-order chi connectivity index (χ1) is 8.24. The third-order valence-corrected chi connectivity index (χ3v) is 3.73. The van der Waals surface area contributed by atoms with Gasteiger partial charge in [0.05, 0.1) is 0 Å². The van der Waals surface area contributed by atoms with Crippen molar-refractivity contribution in [1.82, 2.24) is 0 Å². The van der Waals surface area contributed by atoms with Gasteiger partial charge in [0, 0.05) is 12.8 Å². The lowest BCUT2D eigenvalue weighted by Gasteiger charge is -2.10. The van der Waals surface area contributed by atoms with Gasteiger partial charge in [0.15, 0.2) is 0 Å². The molecule has 0 aromatic rings. The molecule has 0 fully saturated rings. The topological polar surface area (TPSA) is 17.1 Å². The average Bonchev–Trinajstić information content (AvgIpc) is 2.34. The van der Waals surface area contributed by atoms with E-state index in [1.54, 1.807) is 0 Å². The lowest BCUT2D eigenvalue weighted by molar-refractivity contribution is -0.120. The van der Waals surface area contributed by atoms with Crippen molar-refractivity contribution in [2.75, 3.05) is 0 Å². The Morgan fingerprint density at radius 1 is 0.824 bits per heavy atom. The molecule has 0 atom stereocenters. The maximum atomic E-state index is 11.7. The van der Waals surface area contributed by atoms with E-state index in [2.05, 4.69) is 20.8 Å². The highest BCUT2D eigenvalue weighted by molar-refractivity contribution is 5.78. The van der Waals surface area contributed by atoms with Gasteiger partial charge < -0.3 is 0 Å². The third-order valence-electron chi connectivity index (χ3n) is 3.73. The van der Waals surface area contributed by atoms with Crippen molar-refractivity contribution in [3.05, 3.63) is 0 Å². The SMILES string of the molecule is CCCCCCCCCC(=O)CC(CC)CC. The lowest BCUT2D eigenvalue weighted by atomic mass is 9.95. The van der Waals surface area contributed by atoms with Crippen molar-refractivity contribution in [2.24, 2.45) is 5.92 Å². The minimum atomic E-state index is 0.493. The monoisotopic (exact) mass is 240 g/mol. The molecule has 0 aromatic carbocycles. The Morgan fingerprint density at radius 2 is 1.35 bits per heavy atom. The second kappa shape index (κ2) is 12.1. The van der Waals surface area contributed by atoms with E-state index in [4.69, 9.17) is 0 Å². The summed E-state index contributed by atoms with van der Waals surface area (Å²) in [7, 11) is 0. The summed E-state index contributed by atoms with van der Waals surface area (Å²) in [4.78, 5) is 11.7. The molecule has 0 aliphatic carbocycles. The van der Waals surface area contributed by atoms with Crippen LogP contribution < -0.4 is 0 Å². The summed E-state index contributed by atoms with van der Waals surface area (Å²) in [6.45, 7) is 6.63. The van der Waals surface area contributed by atoms with Crippen molar-refractivity contribution >= 4 is 5.78 Å². The molecule has 0 saturated heterocycles. The number of hydrogen-bond donors (Lipinski definition) is 0. The second-order valence-corrected chi connectivity index (χ2v) is 5.30. The number of carbonyl (C=O) groups is 1. The number of rotatable bonds is 12. The molecule has 0 rings (SSSR count). The number of unbranched alkanes of at least 4 members (excludes halogenated alkanes) is 6. The fourth-order valence-electron chi connectivity index (χ4n) is 2.28. The summed E-state index contributed by atoms with van der Waals surface area (Å²) in [5.41, 5.74) is 0. The first-order valence-electron chi connectivity index (χ1n) is 7.76. The molecule has 102 valence electrons. The zero-order valence-corrected chi connectivity index (χ0v) is 12.3. The van der Waals surface area contributed by atoms with Crippen molar-refractivity contribution < 1.29 is 4.79 Å². The Kier molecular flexibility index (Phi) is 11.9. The van der Waals surface area contributed by atoms with Crippen LogP contribution in [0.25, 0.3) is 0 Å². The standard InChI is InChI=1S/C16H32O/c1-4-7-8-9-10-11-12-13-16(17)14-15(5-2)6-3/h15H,4-14H2,1-3H3. The maximum Gasteiger partial charge on any atom is 0.133 e. The largest absolute Gasteiger partial charge is 0.300 e. The Labute approximate surface area is 108 Å². The summed E-state index contributed by atoms with van der Waals surface area (Å²) in [6, 6.07) is 0. The van der Waals surface area contributed by atoms with Crippen LogP contribution in [0.5, 0.6) is 0 Å². The fraction of sp³-hybridized carbons (Fsp3) is 0.938. The summed E-state index contributed by atoms with van der Waals surface area (Å²) in [6.07, 6.45) is 13.0. The smallest absolute Gasteiger partial charge is 0.133 e. The van der Waals surface area contributed by atoms with Gasteiger partial charge in [0.25, 0.3) is 0 Å². The van der Waals surface area contributed by atoms with Gasteiger partial charge in [0.1, 0.15) is 5.78 Å². The Hall–Kier alpha value is -0.330. The molecule has 0 radical (unpaired) electrons. The van der Waals surface area contributed by atoms with E-state index < -0.39 is 0 Å². The van der Waals surface area contributed by atoms with Gasteiger partial charge in [-0.25, -0.2) is 0 Å². The van der Waals surface area contributed by atoms with Crippen LogP contribution in [0.1, 0.15) is 91.4 Å². The van der Waals surface area contributed by atoms with Crippen LogP contribution in [0.4, 0.5) is 0 Å². The zero-order valence-electron chi connectivity index (χ0n) is 12.3. The molecule has 1 nitrogen and oxygen atoms in total. The molecule has 0 saturated carbocycles. The van der Waals surface area contributed by atoms with E-state index in [9.17, 15) is 4.79 Å². The van der Waals surface area contributed by atoms with Crippen molar-refractivity contribution in [2.45, 2.75) is 91.4 Å². The molecule has 0 bridgehead atoms. The molecule has 0 unspecified atom stereocenters. The van der Waals surface area contributed by atoms with E-state index >= 15 is 0 Å². The highest BCUT2D eigenvalue weighted by atomic mass is 16.1. The highest BCUT2D eigenvalue weighted by Gasteiger charge is 2.09. The van der Waals surface area contributed by atoms with Crippen LogP contribution in [0.2, 0.25) is 0 Å². The molecule has 17 heavy (non-hydrogen) atoms. The fourth-order valence-corrected chi connectivity index (χ4v) is 2.28. The van der Waals surface area contributed by atoms with E-state index in [0.29, 0.717) is 11.7 Å². The van der Waals surface area contributed by atoms with Gasteiger partial charge >= 0.3 is 0 Å². The van der Waals surface area contributed by atoms with Gasteiger partial charge in [-0.1, -0.05) is 72.1 Å². The van der Waals surface area contributed by atoms with E-state index in [1.165, 1.54) is 38.5 Å². The first kappa shape index (κ1) is 16.7. The predicted molar refractivity (Wildman–Crippen MR) is 76.3 cm³/mol. The molecule has 1 heteroatoms. The molecule has 0 heterocycles. The first-order valence-corrected chi connectivity index (χ1v) is 7.76. The predicted octanol–water partition coefficient (Wildman–Crippen LogP) is 5.52. The normalized spacial score (nSPS) is 11.1. The minimum absolute atomic E-state index is 0.493. The van der Waals surface area contributed by atoms with Gasteiger partial charge in [-0.2, -0.15) is 0 Å². The molecular formula is C16H32O. The molecule has 0 N–H and O–H groups in total. The summed E-state index contributed by atoms with van der Waals surface area (Å²) in [5, 5.41) is 0. The van der Waals surface area contributed by atoms with Crippen LogP contribution in [-0.4, -0.2) is 5.78 Å². The Morgan fingerprint density at radius 3 is 1.88 bits per heavy atom. The third kappa shape index (κ3) is 10.5. The van der Waals surface area contributed by atoms with Crippen LogP contribution >= 0.6 is 0 Å². The van der Waals surface area contributed by atoms with Crippen LogP contribution in [0, 0.1) is 5.92 Å². The molecule has 0 amide bonds. The minimum Gasteiger partial charge on any atom is -0.300 e.